The number of carboxylic acids is 1. The number of rotatable bonds is 9. The van der Waals surface area contributed by atoms with Crippen molar-refractivity contribution in [2.24, 2.45) is 0 Å². The standard InChI is InChI=1S/C25H23N3O4/c1-18-21(15-28(27-18)24-8-4-5-13-26-24)17-31-22-11-9-19(10-12-22)16-32-23-7-3-2-6-20(23)14-25(29)30/h2-13,15H,14,16-17H2,1H3,(H,29,30). The van der Waals surface area contributed by atoms with E-state index in [-0.39, 0.29) is 6.42 Å². The van der Waals surface area contributed by atoms with Crippen LogP contribution in [0.25, 0.3) is 5.82 Å². The Balaban J connectivity index is 1.34. The molecule has 7 heteroatoms. The molecule has 0 aliphatic rings. The van der Waals surface area contributed by atoms with Gasteiger partial charge in [-0.15, -0.1) is 0 Å². The molecule has 0 radical (unpaired) electrons. The van der Waals surface area contributed by atoms with Gasteiger partial charge in [0.1, 0.15) is 24.7 Å². The number of ether oxygens (including phenoxy) is 2. The van der Waals surface area contributed by atoms with Crippen molar-refractivity contribution in [3.8, 4) is 17.3 Å². The molecule has 0 fully saturated rings. The van der Waals surface area contributed by atoms with Crippen LogP contribution >= 0.6 is 0 Å². The molecule has 4 aromatic rings. The summed E-state index contributed by atoms with van der Waals surface area (Å²) in [5.74, 6) is 1.19. The highest BCUT2D eigenvalue weighted by Crippen LogP contribution is 2.21. The van der Waals surface area contributed by atoms with Crippen LogP contribution in [0.5, 0.6) is 11.5 Å². The second-order valence-corrected chi connectivity index (χ2v) is 7.27. The molecule has 0 aliphatic heterocycles. The maximum atomic E-state index is 11.0. The first kappa shape index (κ1) is 21.1. The lowest BCUT2D eigenvalue weighted by Gasteiger charge is -2.11. The predicted molar refractivity (Wildman–Crippen MR) is 119 cm³/mol. The molecule has 2 aromatic heterocycles. The van der Waals surface area contributed by atoms with Gasteiger partial charge in [-0.2, -0.15) is 5.10 Å². The normalized spacial score (nSPS) is 10.7. The molecule has 162 valence electrons. The molecule has 32 heavy (non-hydrogen) atoms. The van der Waals surface area contributed by atoms with Gasteiger partial charge in [-0.3, -0.25) is 4.79 Å². The highest BCUT2D eigenvalue weighted by molar-refractivity contribution is 5.71. The van der Waals surface area contributed by atoms with Crippen LogP contribution in [0.2, 0.25) is 0 Å². The number of benzene rings is 2. The number of pyridine rings is 1. The molecular formula is C25H23N3O4. The van der Waals surface area contributed by atoms with Crippen LogP contribution in [0.15, 0.2) is 79.1 Å². The van der Waals surface area contributed by atoms with E-state index in [2.05, 4.69) is 10.1 Å². The molecule has 0 atom stereocenters. The van der Waals surface area contributed by atoms with Crippen molar-refractivity contribution in [3.63, 3.8) is 0 Å². The van der Waals surface area contributed by atoms with Crippen molar-refractivity contribution < 1.29 is 19.4 Å². The fourth-order valence-corrected chi connectivity index (χ4v) is 3.20. The number of aryl methyl sites for hydroxylation is 1. The molecular weight excluding hydrogens is 406 g/mol. The van der Waals surface area contributed by atoms with Crippen LogP contribution < -0.4 is 9.47 Å². The summed E-state index contributed by atoms with van der Waals surface area (Å²) in [7, 11) is 0. The van der Waals surface area contributed by atoms with Gasteiger partial charge < -0.3 is 14.6 Å². The summed E-state index contributed by atoms with van der Waals surface area (Å²) in [5.41, 5.74) is 3.49. The van der Waals surface area contributed by atoms with Crippen LogP contribution in [0, 0.1) is 6.92 Å². The Hall–Kier alpha value is -4.13. The van der Waals surface area contributed by atoms with E-state index in [0.29, 0.717) is 24.5 Å². The number of hydrogen-bond acceptors (Lipinski definition) is 5. The molecule has 0 unspecified atom stereocenters. The maximum absolute atomic E-state index is 11.0. The van der Waals surface area contributed by atoms with Gasteiger partial charge >= 0.3 is 5.97 Å². The molecule has 4 rings (SSSR count). The smallest absolute Gasteiger partial charge is 0.307 e. The molecule has 0 bridgehead atoms. The quantitative estimate of drug-likeness (QED) is 0.425. The van der Waals surface area contributed by atoms with Crippen LogP contribution in [-0.4, -0.2) is 25.8 Å². The Morgan fingerprint density at radius 2 is 1.72 bits per heavy atom. The Bertz CT molecular complexity index is 1190. The van der Waals surface area contributed by atoms with Gasteiger partial charge in [-0.05, 0) is 42.8 Å². The van der Waals surface area contributed by atoms with E-state index < -0.39 is 5.97 Å². The lowest BCUT2D eigenvalue weighted by atomic mass is 10.1. The molecule has 7 nitrogen and oxygen atoms in total. The van der Waals surface area contributed by atoms with Crippen molar-refractivity contribution in [1.82, 2.24) is 14.8 Å². The van der Waals surface area contributed by atoms with Crippen LogP contribution in [0.1, 0.15) is 22.4 Å². The number of aliphatic carboxylic acids is 1. The summed E-state index contributed by atoms with van der Waals surface area (Å²) in [5, 5.41) is 13.5. The zero-order chi connectivity index (χ0) is 22.3. The predicted octanol–water partition coefficient (Wildman–Crippen LogP) is 4.36. The lowest BCUT2D eigenvalue weighted by Crippen LogP contribution is -2.04. The first-order chi connectivity index (χ1) is 15.6. The van der Waals surface area contributed by atoms with Gasteiger partial charge in [-0.25, -0.2) is 9.67 Å². The molecule has 0 aliphatic carbocycles. The van der Waals surface area contributed by atoms with Gasteiger partial charge in [0, 0.05) is 23.5 Å². The zero-order valence-corrected chi connectivity index (χ0v) is 17.6. The summed E-state index contributed by atoms with van der Waals surface area (Å²) >= 11 is 0. The topological polar surface area (TPSA) is 86.5 Å². The minimum Gasteiger partial charge on any atom is -0.489 e. The third-order valence-electron chi connectivity index (χ3n) is 4.91. The Kier molecular flexibility index (Phi) is 6.46. The summed E-state index contributed by atoms with van der Waals surface area (Å²) in [6.07, 6.45) is 3.59. The molecule has 1 N–H and O–H groups in total. The van der Waals surface area contributed by atoms with E-state index in [1.807, 2.05) is 61.7 Å². The highest BCUT2D eigenvalue weighted by atomic mass is 16.5. The highest BCUT2D eigenvalue weighted by Gasteiger charge is 2.09. The van der Waals surface area contributed by atoms with Gasteiger partial charge in [-0.1, -0.05) is 36.4 Å². The number of hydrogen-bond donors (Lipinski definition) is 1. The van der Waals surface area contributed by atoms with Crippen molar-refractivity contribution in [2.45, 2.75) is 26.6 Å². The third-order valence-corrected chi connectivity index (χ3v) is 4.91. The number of nitrogens with zero attached hydrogens (tertiary/aromatic N) is 3. The average Bonchev–Trinajstić information content (AvgIpc) is 3.18. The van der Waals surface area contributed by atoms with E-state index in [1.165, 1.54) is 0 Å². The Morgan fingerprint density at radius 1 is 0.938 bits per heavy atom. The number of carbonyl (C=O) groups is 1. The van der Waals surface area contributed by atoms with E-state index >= 15 is 0 Å². The fourth-order valence-electron chi connectivity index (χ4n) is 3.20. The number of carboxylic acid groups (broad SMARTS) is 1. The van der Waals surface area contributed by atoms with Crippen molar-refractivity contribution in [3.05, 3.63) is 102 Å². The number of para-hydroxylation sites is 1. The molecule has 2 aromatic carbocycles. The number of aromatic nitrogens is 3. The van der Waals surface area contributed by atoms with Crippen molar-refractivity contribution in [1.29, 1.82) is 0 Å². The summed E-state index contributed by atoms with van der Waals surface area (Å²) < 4.78 is 13.5. The van der Waals surface area contributed by atoms with Crippen LogP contribution in [-0.2, 0) is 24.4 Å². The summed E-state index contributed by atoms with van der Waals surface area (Å²) in [6.45, 7) is 2.69. The Morgan fingerprint density at radius 3 is 2.47 bits per heavy atom. The summed E-state index contributed by atoms with van der Waals surface area (Å²) in [6, 6.07) is 20.5. The second-order valence-electron chi connectivity index (χ2n) is 7.27. The SMILES string of the molecule is Cc1nn(-c2ccccn2)cc1COc1ccc(COc2ccccc2CC(=O)O)cc1. The zero-order valence-electron chi connectivity index (χ0n) is 17.6. The monoisotopic (exact) mass is 429 g/mol. The first-order valence-corrected chi connectivity index (χ1v) is 10.2. The average molecular weight is 429 g/mol. The second kappa shape index (κ2) is 9.78. The Labute approximate surface area is 185 Å². The fraction of sp³-hybridized carbons (Fsp3) is 0.160. The maximum Gasteiger partial charge on any atom is 0.307 e. The molecule has 0 amide bonds. The van der Waals surface area contributed by atoms with Gasteiger partial charge in [0.15, 0.2) is 5.82 Å². The van der Waals surface area contributed by atoms with Crippen LogP contribution in [0.3, 0.4) is 0 Å². The minimum atomic E-state index is -0.886. The van der Waals surface area contributed by atoms with Gasteiger partial charge in [0.05, 0.1) is 12.1 Å². The van der Waals surface area contributed by atoms with Gasteiger partial charge in [0.2, 0.25) is 0 Å². The van der Waals surface area contributed by atoms with Gasteiger partial charge in [0.25, 0.3) is 0 Å². The van der Waals surface area contributed by atoms with E-state index in [1.54, 1.807) is 29.1 Å². The lowest BCUT2D eigenvalue weighted by molar-refractivity contribution is -0.136. The van der Waals surface area contributed by atoms with E-state index in [9.17, 15) is 4.79 Å². The molecule has 2 heterocycles. The van der Waals surface area contributed by atoms with Crippen molar-refractivity contribution >= 4 is 5.97 Å². The van der Waals surface area contributed by atoms with E-state index in [4.69, 9.17) is 14.6 Å². The minimum absolute atomic E-state index is 0.0702. The third kappa shape index (κ3) is 5.31. The first-order valence-electron chi connectivity index (χ1n) is 10.2. The van der Waals surface area contributed by atoms with Crippen molar-refractivity contribution in [2.75, 3.05) is 0 Å². The van der Waals surface area contributed by atoms with Crippen LogP contribution in [0.4, 0.5) is 0 Å². The molecule has 0 saturated carbocycles. The van der Waals surface area contributed by atoms with E-state index in [0.717, 1.165) is 28.4 Å². The summed E-state index contributed by atoms with van der Waals surface area (Å²) in [4.78, 5) is 15.3. The largest absolute Gasteiger partial charge is 0.489 e. The molecule has 0 spiro atoms. The molecule has 0 saturated heterocycles.